The number of cyclic esters (lactones) is 1. The van der Waals surface area contributed by atoms with Crippen molar-refractivity contribution in [2.24, 2.45) is 0 Å². The van der Waals surface area contributed by atoms with Crippen molar-refractivity contribution < 1.29 is 9.53 Å². The summed E-state index contributed by atoms with van der Waals surface area (Å²) in [6, 6.07) is 14.0. The number of thioether (sulfide) groups is 1. The summed E-state index contributed by atoms with van der Waals surface area (Å²) in [5.74, 6) is 0.621. The molecule has 2 aromatic heterocycles. The highest BCUT2D eigenvalue weighted by Gasteiger charge is 2.30. The van der Waals surface area contributed by atoms with Crippen molar-refractivity contribution in [3.63, 3.8) is 0 Å². The molecule has 1 saturated heterocycles. The van der Waals surface area contributed by atoms with Gasteiger partial charge in [-0.3, -0.25) is 9.36 Å². The molecule has 3 aromatic rings. The van der Waals surface area contributed by atoms with Crippen LogP contribution in [0.5, 0.6) is 0 Å². The highest BCUT2D eigenvalue weighted by atomic mass is 32.2. The van der Waals surface area contributed by atoms with Crippen molar-refractivity contribution in [1.82, 2.24) is 14.8 Å². The van der Waals surface area contributed by atoms with E-state index in [2.05, 4.69) is 10.2 Å². The van der Waals surface area contributed by atoms with E-state index in [9.17, 15) is 4.79 Å². The zero-order valence-corrected chi connectivity index (χ0v) is 13.7. The number of hydrogen-bond acceptors (Lipinski definition) is 6. The standard InChI is InChI=1S/C16H13N3O2S2/c20-15-13(8-9-21-15)23-16-18-17-14(12-7-4-10-22-12)19(16)11-5-2-1-3-6-11/h1-7,10,13H,8-9H2. The molecule has 3 heterocycles. The second-order valence-corrected chi connectivity index (χ2v) is 7.13. The summed E-state index contributed by atoms with van der Waals surface area (Å²) in [5, 5.41) is 11.2. The second-order valence-electron chi connectivity index (χ2n) is 5.02. The summed E-state index contributed by atoms with van der Waals surface area (Å²) in [6.45, 7) is 0.480. The van der Waals surface area contributed by atoms with Gasteiger partial charge in [0.2, 0.25) is 0 Å². The van der Waals surface area contributed by atoms with E-state index in [0.29, 0.717) is 18.2 Å². The molecule has 116 valence electrons. The number of carbonyl (C=O) groups is 1. The molecule has 7 heteroatoms. The van der Waals surface area contributed by atoms with E-state index < -0.39 is 0 Å². The fourth-order valence-corrected chi connectivity index (χ4v) is 4.15. The van der Waals surface area contributed by atoms with Crippen LogP contribution in [0.1, 0.15) is 6.42 Å². The predicted molar refractivity (Wildman–Crippen MR) is 89.9 cm³/mol. The van der Waals surface area contributed by atoms with Gasteiger partial charge in [0.05, 0.1) is 11.5 Å². The Labute approximate surface area is 141 Å². The van der Waals surface area contributed by atoms with Gasteiger partial charge in [0, 0.05) is 12.1 Å². The molecule has 0 saturated carbocycles. The van der Waals surface area contributed by atoms with Crippen LogP contribution in [-0.2, 0) is 9.53 Å². The van der Waals surface area contributed by atoms with Gasteiger partial charge in [-0.15, -0.1) is 21.5 Å². The molecule has 5 nitrogen and oxygen atoms in total. The van der Waals surface area contributed by atoms with Gasteiger partial charge in [-0.2, -0.15) is 0 Å². The highest BCUT2D eigenvalue weighted by Crippen LogP contribution is 2.34. The molecule has 0 radical (unpaired) electrons. The molecular formula is C16H13N3O2S2. The van der Waals surface area contributed by atoms with Gasteiger partial charge in [-0.25, -0.2) is 0 Å². The van der Waals surface area contributed by atoms with Crippen molar-refractivity contribution in [2.75, 3.05) is 6.61 Å². The van der Waals surface area contributed by atoms with E-state index in [1.165, 1.54) is 11.8 Å². The Balaban J connectivity index is 1.78. The van der Waals surface area contributed by atoms with Gasteiger partial charge in [-0.05, 0) is 23.6 Å². The Bertz CT molecular complexity index is 815. The Hall–Kier alpha value is -2.12. The monoisotopic (exact) mass is 343 g/mol. The Morgan fingerprint density at radius 3 is 2.74 bits per heavy atom. The fourth-order valence-electron chi connectivity index (χ4n) is 2.43. The van der Waals surface area contributed by atoms with Crippen molar-refractivity contribution in [3.05, 3.63) is 47.8 Å². The number of benzene rings is 1. The molecule has 0 bridgehead atoms. The zero-order valence-electron chi connectivity index (χ0n) is 12.1. The van der Waals surface area contributed by atoms with E-state index in [1.54, 1.807) is 11.3 Å². The van der Waals surface area contributed by atoms with Crippen LogP contribution in [0.15, 0.2) is 53.0 Å². The SMILES string of the molecule is O=C1OCCC1Sc1nnc(-c2cccs2)n1-c1ccccc1. The molecular weight excluding hydrogens is 330 g/mol. The topological polar surface area (TPSA) is 57.0 Å². The summed E-state index contributed by atoms with van der Waals surface area (Å²) in [6.07, 6.45) is 0.708. The first-order valence-corrected chi connectivity index (χ1v) is 8.97. The maximum atomic E-state index is 11.8. The minimum absolute atomic E-state index is 0.171. The smallest absolute Gasteiger partial charge is 0.319 e. The molecule has 0 N–H and O–H groups in total. The van der Waals surface area contributed by atoms with Crippen LogP contribution in [0.25, 0.3) is 16.4 Å². The normalized spacial score (nSPS) is 17.4. The lowest BCUT2D eigenvalue weighted by Gasteiger charge is -2.10. The molecule has 1 aromatic carbocycles. The van der Waals surface area contributed by atoms with Gasteiger partial charge in [0.25, 0.3) is 0 Å². The number of para-hydroxylation sites is 1. The molecule has 1 fully saturated rings. The summed E-state index contributed by atoms with van der Waals surface area (Å²) in [7, 11) is 0. The first kappa shape index (κ1) is 14.5. The van der Waals surface area contributed by atoms with Crippen molar-refractivity contribution >= 4 is 29.1 Å². The number of carbonyl (C=O) groups excluding carboxylic acids is 1. The van der Waals surface area contributed by atoms with Crippen LogP contribution in [0.4, 0.5) is 0 Å². The molecule has 0 aliphatic carbocycles. The maximum absolute atomic E-state index is 11.8. The van der Waals surface area contributed by atoms with Gasteiger partial charge >= 0.3 is 5.97 Å². The summed E-state index contributed by atoms with van der Waals surface area (Å²) in [5.41, 5.74) is 0.981. The number of esters is 1. The van der Waals surface area contributed by atoms with E-state index in [4.69, 9.17) is 4.74 Å². The van der Waals surface area contributed by atoms with Gasteiger partial charge in [0.1, 0.15) is 5.25 Å². The van der Waals surface area contributed by atoms with Crippen LogP contribution >= 0.6 is 23.1 Å². The first-order valence-electron chi connectivity index (χ1n) is 7.21. The van der Waals surface area contributed by atoms with Crippen LogP contribution in [-0.4, -0.2) is 32.6 Å². The fraction of sp³-hybridized carbons (Fsp3) is 0.188. The van der Waals surface area contributed by atoms with E-state index in [-0.39, 0.29) is 11.2 Å². The summed E-state index contributed by atoms with van der Waals surface area (Å²) in [4.78, 5) is 12.8. The summed E-state index contributed by atoms with van der Waals surface area (Å²) < 4.78 is 7.05. The number of ether oxygens (including phenoxy) is 1. The molecule has 23 heavy (non-hydrogen) atoms. The number of aromatic nitrogens is 3. The third-order valence-electron chi connectivity index (χ3n) is 3.52. The average Bonchev–Trinajstić information content (AvgIpc) is 3.30. The third-order valence-corrected chi connectivity index (χ3v) is 5.58. The first-order chi connectivity index (χ1) is 11.3. The molecule has 1 atom stereocenters. The van der Waals surface area contributed by atoms with Gasteiger partial charge in [-0.1, -0.05) is 36.0 Å². The van der Waals surface area contributed by atoms with E-state index >= 15 is 0 Å². The van der Waals surface area contributed by atoms with Crippen molar-refractivity contribution in [2.45, 2.75) is 16.8 Å². The second kappa shape index (κ2) is 6.17. The number of nitrogens with zero attached hydrogens (tertiary/aromatic N) is 3. The third kappa shape index (κ3) is 2.77. The summed E-state index contributed by atoms with van der Waals surface area (Å²) >= 11 is 3.04. The minimum atomic E-state index is -0.210. The minimum Gasteiger partial charge on any atom is -0.465 e. The largest absolute Gasteiger partial charge is 0.465 e. The lowest BCUT2D eigenvalue weighted by molar-refractivity contribution is -0.137. The average molecular weight is 343 g/mol. The molecule has 1 unspecified atom stereocenters. The van der Waals surface area contributed by atoms with Crippen molar-refractivity contribution in [3.8, 4) is 16.4 Å². The predicted octanol–water partition coefficient (Wildman–Crippen LogP) is 3.40. The van der Waals surface area contributed by atoms with E-state index in [1.807, 2.05) is 52.4 Å². The van der Waals surface area contributed by atoms with Crippen LogP contribution in [0.2, 0.25) is 0 Å². The number of rotatable bonds is 4. The number of thiophene rings is 1. The lowest BCUT2D eigenvalue weighted by Crippen LogP contribution is -2.11. The van der Waals surface area contributed by atoms with Crippen LogP contribution in [0.3, 0.4) is 0 Å². The lowest BCUT2D eigenvalue weighted by atomic mass is 10.3. The molecule has 4 rings (SSSR count). The van der Waals surface area contributed by atoms with Gasteiger partial charge < -0.3 is 4.74 Å². The Kier molecular flexibility index (Phi) is 3.88. The van der Waals surface area contributed by atoms with Crippen LogP contribution < -0.4 is 0 Å². The Morgan fingerprint density at radius 2 is 2.04 bits per heavy atom. The maximum Gasteiger partial charge on any atom is 0.319 e. The highest BCUT2D eigenvalue weighted by molar-refractivity contribution is 8.00. The van der Waals surface area contributed by atoms with Crippen molar-refractivity contribution in [1.29, 1.82) is 0 Å². The molecule has 0 spiro atoms. The quantitative estimate of drug-likeness (QED) is 0.680. The molecule has 0 amide bonds. The van der Waals surface area contributed by atoms with E-state index in [0.717, 1.165) is 16.4 Å². The number of hydrogen-bond donors (Lipinski definition) is 0. The van der Waals surface area contributed by atoms with Gasteiger partial charge in [0.15, 0.2) is 11.0 Å². The molecule has 1 aliphatic rings. The Morgan fingerprint density at radius 1 is 1.17 bits per heavy atom. The zero-order chi connectivity index (χ0) is 15.6. The van der Waals surface area contributed by atoms with Crippen LogP contribution in [0, 0.1) is 0 Å². The molecule has 1 aliphatic heterocycles.